The van der Waals surface area contributed by atoms with Gasteiger partial charge in [-0.05, 0) is 30.7 Å². The summed E-state index contributed by atoms with van der Waals surface area (Å²) in [6.07, 6.45) is 0.851. The molecule has 2 aromatic rings. The molecule has 0 N–H and O–H groups in total. The van der Waals surface area contributed by atoms with E-state index in [9.17, 15) is 4.79 Å². The monoisotopic (exact) mass is 226 g/mol. The predicted molar refractivity (Wildman–Crippen MR) is 66.9 cm³/mol. The molecule has 0 aliphatic heterocycles. The lowest BCUT2D eigenvalue weighted by atomic mass is 10.1. The van der Waals surface area contributed by atoms with E-state index in [1.54, 1.807) is 6.07 Å². The minimum Gasteiger partial charge on any atom is -0.297 e. The van der Waals surface area contributed by atoms with Crippen molar-refractivity contribution in [2.75, 3.05) is 0 Å². The van der Waals surface area contributed by atoms with E-state index in [1.807, 2.05) is 37.3 Å². The third-order valence-corrected chi connectivity index (χ3v) is 3.13. The van der Waals surface area contributed by atoms with Crippen LogP contribution in [-0.4, -0.2) is 6.29 Å². The Kier molecular flexibility index (Phi) is 3.19. The summed E-state index contributed by atoms with van der Waals surface area (Å²) in [7, 11) is 0. The first-order valence-electron chi connectivity index (χ1n) is 4.92. The Hall–Kier alpha value is -1.85. The highest BCUT2D eigenvalue weighted by molar-refractivity contribution is 7.14. The van der Waals surface area contributed by atoms with Crippen LogP contribution in [0.5, 0.6) is 0 Å². The second-order valence-electron chi connectivity index (χ2n) is 3.38. The van der Waals surface area contributed by atoms with Crippen molar-refractivity contribution in [1.29, 1.82) is 0 Å². The van der Waals surface area contributed by atoms with E-state index in [2.05, 4.69) is 11.8 Å². The average Bonchev–Trinajstić information content (AvgIpc) is 2.76. The number of rotatable bonds is 1. The molecular formula is C14H10OS. The molecule has 1 aromatic carbocycles. The van der Waals surface area contributed by atoms with E-state index >= 15 is 0 Å². The maximum Gasteiger partial charge on any atom is 0.160 e. The zero-order chi connectivity index (χ0) is 11.4. The fraction of sp³-hybridized carbons (Fsp3) is 0.0714. The van der Waals surface area contributed by atoms with Gasteiger partial charge in [0, 0.05) is 5.56 Å². The van der Waals surface area contributed by atoms with Gasteiger partial charge in [0.1, 0.15) is 0 Å². The third kappa shape index (κ3) is 2.39. The van der Waals surface area contributed by atoms with Crippen molar-refractivity contribution in [3.05, 3.63) is 57.3 Å². The Bertz CT molecular complexity index is 570. The molecule has 0 saturated carbocycles. The Balaban J connectivity index is 2.28. The zero-order valence-corrected chi connectivity index (χ0v) is 9.67. The summed E-state index contributed by atoms with van der Waals surface area (Å²) in [6.45, 7) is 2.04. The summed E-state index contributed by atoms with van der Waals surface area (Å²) in [6, 6.07) is 11.7. The second kappa shape index (κ2) is 4.78. The van der Waals surface area contributed by atoms with Crippen molar-refractivity contribution in [3.8, 4) is 11.8 Å². The number of carbonyl (C=O) groups is 1. The summed E-state index contributed by atoms with van der Waals surface area (Å²) in [4.78, 5) is 12.1. The van der Waals surface area contributed by atoms with E-state index in [1.165, 1.54) is 16.9 Å². The van der Waals surface area contributed by atoms with Crippen LogP contribution < -0.4 is 0 Å². The number of hydrogen-bond donors (Lipinski definition) is 0. The molecule has 0 fully saturated rings. The van der Waals surface area contributed by atoms with Crippen LogP contribution in [0.2, 0.25) is 0 Å². The first-order chi connectivity index (χ1) is 7.79. The number of aldehydes is 1. The van der Waals surface area contributed by atoms with Crippen LogP contribution in [0.4, 0.5) is 0 Å². The van der Waals surface area contributed by atoms with Gasteiger partial charge in [-0.2, -0.15) is 0 Å². The van der Waals surface area contributed by atoms with Gasteiger partial charge >= 0.3 is 0 Å². The number of thiophene rings is 1. The molecule has 78 valence electrons. The highest BCUT2D eigenvalue weighted by atomic mass is 32.1. The molecule has 0 saturated heterocycles. The topological polar surface area (TPSA) is 17.1 Å². The summed E-state index contributed by atoms with van der Waals surface area (Å²) >= 11 is 1.42. The molecule has 16 heavy (non-hydrogen) atoms. The molecule has 0 bridgehead atoms. The van der Waals surface area contributed by atoms with Gasteiger partial charge in [-0.15, -0.1) is 11.3 Å². The highest BCUT2D eigenvalue weighted by Gasteiger charge is 1.95. The molecule has 2 heteroatoms. The fourth-order valence-corrected chi connectivity index (χ4v) is 2.00. The fourth-order valence-electron chi connectivity index (χ4n) is 1.33. The lowest BCUT2D eigenvalue weighted by Crippen LogP contribution is -1.79. The molecule has 2 rings (SSSR count). The first kappa shape index (κ1) is 10.7. The zero-order valence-electron chi connectivity index (χ0n) is 8.86. The average molecular weight is 226 g/mol. The van der Waals surface area contributed by atoms with Crippen molar-refractivity contribution in [2.24, 2.45) is 0 Å². The highest BCUT2D eigenvalue weighted by Crippen LogP contribution is 2.13. The molecule has 0 aliphatic rings. The number of benzene rings is 1. The number of aryl methyl sites for hydroxylation is 1. The van der Waals surface area contributed by atoms with Gasteiger partial charge in [-0.1, -0.05) is 30.0 Å². The lowest BCUT2D eigenvalue weighted by molar-refractivity contribution is 0.112. The van der Waals surface area contributed by atoms with Gasteiger partial charge in [-0.3, -0.25) is 4.79 Å². The smallest absolute Gasteiger partial charge is 0.160 e. The van der Waals surface area contributed by atoms with E-state index in [0.29, 0.717) is 4.88 Å². The summed E-state index contributed by atoms with van der Waals surface area (Å²) in [5.41, 5.74) is 2.20. The van der Waals surface area contributed by atoms with Gasteiger partial charge in [0.05, 0.1) is 9.75 Å². The van der Waals surface area contributed by atoms with Crippen LogP contribution in [0.1, 0.15) is 25.7 Å². The van der Waals surface area contributed by atoms with Crippen LogP contribution in [0.3, 0.4) is 0 Å². The Labute approximate surface area is 98.7 Å². The quantitative estimate of drug-likeness (QED) is 0.539. The van der Waals surface area contributed by atoms with Crippen molar-refractivity contribution in [2.45, 2.75) is 6.92 Å². The first-order valence-corrected chi connectivity index (χ1v) is 5.74. The molecule has 0 amide bonds. The van der Waals surface area contributed by atoms with Crippen molar-refractivity contribution < 1.29 is 4.79 Å². The van der Waals surface area contributed by atoms with E-state index in [4.69, 9.17) is 0 Å². The summed E-state index contributed by atoms with van der Waals surface area (Å²) in [5, 5.41) is 0. The lowest BCUT2D eigenvalue weighted by Gasteiger charge is -1.94. The number of hydrogen-bond acceptors (Lipinski definition) is 2. The van der Waals surface area contributed by atoms with Gasteiger partial charge in [-0.25, -0.2) is 0 Å². The SMILES string of the molecule is Cc1ccccc1C#Cc1ccc(C=O)s1. The van der Waals surface area contributed by atoms with Crippen LogP contribution in [-0.2, 0) is 0 Å². The van der Waals surface area contributed by atoms with E-state index in [0.717, 1.165) is 16.7 Å². The minimum atomic E-state index is 0.717. The Morgan fingerprint density at radius 1 is 1.12 bits per heavy atom. The predicted octanol–water partition coefficient (Wildman–Crippen LogP) is 3.27. The summed E-state index contributed by atoms with van der Waals surface area (Å²) in [5.74, 6) is 6.18. The van der Waals surface area contributed by atoms with Crippen LogP contribution in [0.15, 0.2) is 36.4 Å². The third-order valence-electron chi connectivity index (χ3n) is 2.21. The van der Waals surface area contributed by atoms with Crippen LogP contribution >= 0.6 is 11.3 Å². The molecule has 0 radical (unpaired) electrons. The Morgan fingerprint density at radius 2 is 1.94 bits per heavy atom. The molecule has 1 nitrogen and oxygen atoms in total. The normalized spacial score (nSPS) is 9.31. The van der Waals surface area contributed by atoms with E-state index in [-0.39, 0.29) is 0 Å². The maximum atomic E-state index is 10.5. The molecule has 1 heterocycles. The molecule has 0 unspecified atom stereocenters. The Morgan fingerprint density at radius 3 is 2.62 bits per heavy atom. The van der Waals surface area contributed by atoms with Crippen molar-refractivity contribution in [3.63, 3.8) is 0 Å². The standard InChI is InChI=1S/C14H10OS/c1-11-4-2-3-5-12(11)6-7-13-8-9-14(10-15)16-13/h2-5,8-10H,1H3. The number of carbonyl (C=O) groups excluding carboxylic acids is 1. The summed E-state index contributed by atoms with van der Waals surface area (Å²) < 4.78 is 0. The van der Waals surface area contributed by atoms with Gasteiger partial charge in [0.15, 0.2) is 6.29 Å². The molecular weight excluding hydrogens is 216 g/mol. The minimum absolute atomic E-state index is 0.717. The van der Waals surface area contributed by atoms with Gasteiger partial charge in [0.2, 0.25) is 0 Å². The van der Waals surface area contributed by atoms with Crippen LogP contribution in [0, 0.1) is 18.8 Å². The maximum absolute atomic E-state index is 10.5. The molecule has 0 aliphatic carbocycles. The van der Waals surface area contributed by atoms with Crippen LogP contribution in [0.25, 0.3) is 0 Å². The molecule has 0 atom stereocenters. The molecule has 1 aromatic heterocycles. The van der Waals surface area contributed by atoms with Gasteiger partial charge in [0.25, 0.3) is 0 Å². The van der Waals surface area contributed by atoms with Crippen molar-refractivity contribution >= 4 is 17.6 Å². The second-order valence-corrected chi connectivity index (χ2v) is 4.50. The largest absolute Gasteiger partial charge is 0.297 e. The molecule has 0 spiro atoms. The van der Waals surface area contributed by atoms with E-state index < -0.39 is 0 Å². The van der Waals surface area contributed by atoms with Crippen molar-refractivity contribution in [1.82, 2.24) is 0 Å². The van der Waals surface area contributed by atoms with Gasteiger partial charge < -0.3 is 0 Å².